The Bertz CT molecular complexity index is 3180. The lowest BCUT2D eigenvalue weighted by Crippen LogP contribution is -2.05. The van der Waals surface area contributed by atoms with Crippen LogP contribution in [0.4, 0.5) is 8.78 Å². The summed E-state index contributed by atoms with van der Waals surface area (Å²) < 4.78 is 42.5. The van der Waals surface area contributed by atoms with E-state index in [-0.39, 0.29) is 18.2 Å². The van der Waals surface area contributed by atoms with Crippen molar-refractivity contribution in [2.45, 2.75) is 26.6 Å². The molecule has 0 spiro atoms. The van der Waals surface area contributed by atoms with Crippen molar-refractivity contribution in [3.05, 3.63) is 204 Å². The topological polar surface area (TPSA) is 48.6 Å². The van der Waals surface area contributed by atoms with Crippen LogP contribution >= 0.6 is 0 Å². The van der Waals surface area contributed by atoms with Crippen LogP contribution in [-0.2, 0) is 19.7 Å². The van der Waals surface area contributed by atoms with Gasteiger partial charge in [-0.1, -0.05) is 109 Å². The number of hydrogen-bond acceptors (Lipinski definition) is 3. The molecule has 0 fully saturated rings. The number of rotatable bonds is 9. The quantitative estimate of drug-likeness (QED) is 0.158. The Hall–Kier alpha value is -7.22. The lowest BCUT2D eigenvalue weighted by atomic mass is 10.0. The number of halogens is 2. The molecule has 0 aliphatic carbocycles. The minimum atomic E-state index is -0.243. The van der Waals surface area contributed by atoms with E-state index >= 15 is 0 Å². The van der Waals surface area contributed by atoms with Crippen molar-refractivity contribution in [3.63, 3.8) is 0 Å². The minimum absolute atomic E-state index is 0.0657. The van der Waals surface area contributed by atoms with Gasteiger partial charge in [-0.05, 0) is 112 Å². The van der Waals surface area contributed by atoms with E-state index in [1.807, 2.05) is 48.5 Å². The van der Waals surface area contributed by atoms with Gasteiger partial charge in [-0.3, -0.25) is 0 Å². The van der Waals surface area contributed by atoms with Crippen molar-refractivity contribution in [1.82, 2.24) is 9.13 Å². The number of aromatic nitrogens is 2. The fourth-order valence-electron chi connectivity index (χ4n) is 8.55. The van der Waals surface area contributed by atoms with Gasteiger partial charge in [0.1, 0.15) is 23.1 Å². The van der Waals surface area contributed by atoms with E-state index in [0.717, 1.165) is 78.6 Å². The predicted octanol–water partition coefficient (Wildman–Crippen LogP) is 13.1. The lowest BCUT2D eigenvalue weighted by Gasteiger charge is -2.13. The van der Waals surface area contributed by atoms with Crippen LogP contribution in [0.1, 0.15) is 22.5 Å². The average molecular weight is 807 g/mol. The summed E-state index contributed by atoms with van der Waals surface area (Å²) in [6.45, 7) is 3.43. The Balaban J connectivity index is 0.000000156. The predicted molar refractivity (Wildman–Crippen MR) is 245 cm³/mol. The van der Waals surface area contributed by atoms with Crippen LogP contribution in [0.25, 0.3) is 65.6 Å². The fourth-order valence-corrected chi connectivity index (χ4v) is 8.55. The number of nitrogens with zero attached hydrogens (tertiary/aromatic N) is 2. The summed E-state index contributed by atoms with van der Waals surface area (Å²) in [6, 6.07) is 54.8. The normalized spacial score (nSPS) is 11.3. The highest BCUT2D eigenvalue weighted by Crippen LogP contribution is 2.38. The summed E-state index contributed by atoms with van der Waals surface area (Å²) in [5.74, 6) is 1.23. The average Bonchev–Trinajstić information content (AvgIpc) is 3.83. The SMILES string of the molecule is COc1cc2ccccc2c2c1cc(C)n2Cc1cccc(-c2ccc(F)cc2)c1.COc1cc2ccccc2c2c1cc(CO)n2Cc1cccc(-c2ccc(F)cc2)c1. The molecule has 0 radical (unpaired) electrons. The highest BCUT2D eigenvalue weighted by atomic mass is 19.1. The van der Waals surface area contributed by atoms with Crippen molar-refractivity contribution in [2.24, 2.45) is 0 Å². The molecule has 0 saturated heterocycles. The van der Waals surface area contributed by atoms with E-state index in [0.29, 0.717) is 6.54 Å². The van der Waals surface area contributed by atoms with Crippen molar-refractivity contribution in [2.75, 3.05) is 14.2 Å². The molecule has 0 aliphatic rings. The van der Waals surface area contributed by atoms with Crippen molar-refractivity contribution < 1.29 is 23.4 Å². The first-order valence-corrected chi connectivity index (χ1v) is 20.3. The largest absolute Gasteiger partial charge is 0.496 e. The van der Waals surface area contributed by atoms with E-state index < -0.39 is 0 Å². The molecule has 2 heterocycles. The van der Waals surface area contributed by atoms with E-state index in [2.05, 4.69) is 101 Å². The number of benzene rings is 8. The van der Waals surface area contributed by atoms with Crippen LogP contribution in [0.5, 0.6) is 11.5 Å². The van der Waals surface area contributed by atoms with Gasteiger partial charge in [0.05, 0.1) is 31.9 Å². The molecular weight excluding hydrogens is 763 g/mol. The lowest BCUT2D eigenvalue weighted by molar-refractivity contribution is 0.272. The van der Waals surface area contributed by atoms with Gasteiger partial charge in [-0.2, -0.15) is 0 Å². The number of aliphatic hydroxyl groups excluding tert-OH is 1. The number of hydrogen-bond donors (Lipinski definition) is 1. The van der Waals surface area contributed by atoms with E-state index in [4.69, 9.17) is 9.47 Å². The molecule has 302 valence electrons. The van der Waals surface area contributed by atoms with Crippen molar-refractivity contribution in [1.29, 1.82) is 0 Å². The molecule has 8 aromatic carbocycles. The molecule has 1 N–H and O–H groups in total. The Labute approximate surface area is 353 Å². The molecule has 5 nitrogen and oxygen atoms in total. The Morgan fingerprint density at radius 2 is 0.918 bits per heavy atom. The Morgan fingerprint density at radius 3 is 1.41 bits per heavy atom. The molecule has 0 amide bonds. The first-order chi connectivity index (χ1) is 29.8. The molecule has 2 aromatic heterocycles. The summed E-state index contributed by atoms with van der Waals surface area (Å²) in [6.07, 6.45) is 0. The third-order valence-corrected chi connectivity index (χ3v) is 11.5. The molecule has 7 heteroatoms. The number of ether oxygens (including phenoxy) is 2. The molecule has 10 rings (SSSR count). The van der Waals surface area contributed by atoms with Gasteiger partial charge < -0.3 is 23.7 Å². The zero-order valence-electron chi connectivity index (χ0n) is 34.2. The van der Waals surface area contributed by atoms with E-state index in [1.165, 1.54) is 51.8 Å². The maximum absolute atomic E-state index is 13.3. The van der Waals surface area contributed by atoms with Gasteiger partial charge >= 0.3 is 0 Å². The first-order valence-electron chi connectivity index (χ1n) is 20.3. The molecule has 0 atom stereocenters. The standard InChI is InChI=1S/C27H22FNO2.C27H22FNO/c1-31-26-14-21-6-2-3-8-24(21)27-25(26)15-23(17-30)29(27)16-18-5-4-7-20(13-18)19-9-11-22(28)12-10-19;1-18-14-25-26(30-2)16-22-7-3-4-9-24(22)27(25)29(18)17-19-6-5-8-21(15-19)20-10-12-23(28)13-11-20/h2-15,30H,16-17H2,1H3;3-16H,17H2,1-2H3. The second-order valence-electron chi connectivity index (χ2n) is 15.3. The highest BCUT2D eigenvalue weighted by Gasteiger charge is 2.17. The molecule has 0 bridgehead atoms. The summed E-state index contributed by atoms with van der Waals surface area (Å²) in [4.78, 5) is 0. The number of aryl methyl sites for hydroxylation is 1. The van der Waals surface area contributed by atoms with E-state index in [9.17, 15) is 13.9 Å². The summed E-state index contributed by atoms with van der Waals surface area (Å²) >= 11 is 0. The number of fused-ring (bicyclic) bond motifs is 6. The van der Waals surface area contributed by atoms with Gasteiger partial charge in [0.15, 0.2) is 0 Å². The van der Waals surface area contributed by atoms with E-state index in [1.54, 1.807) is 26.4 Å². The zero-order chi connectivity index (χ0) is 42.0. The molecule has 0 unspecified atom stereocenters. The fraction of sp³-hybridized carbons (Fsp3) is 0.111. The number of methoxy groups -OCH3 is 2. The van der Waals surface area contributed by atoms with Gasteiger partial charge in [-0.15, -0.1) is 0 Å². The molecule has 10 aromatic rings. The zero-order valence-corrected chi connectivity index (χ0v) is 34.2. The van der Waals surface area contributed by atoms with Gasteiger partial charge in [0.2, 0.25) is 0 Å². The minimum Gasteiger partial charge on any atom is -0.496 e. The van der Waals surface area contributed by atoms with Crippen LogP contribution in [0.3, 0.4) is 0 Å². The van der Waals surface area contributed by atoms with Gasteiger partial charge in [0, 0.05) is 46.0 Å². The smallest absolute Gasteiger partial charge is 0.128 e. The first kappa shape index (κ1) is 39.3. The maximum Gasteiger partial charge on any atom is 0.128 e. The van der Waals surface area contributed by atoms with Gasteiger partial charge in [-0.25, -0.2) is 8.78 Å². The van der Waals surface area contributed by atoms with Crippen LogP contribution in [0, 0.1) is 18.6 Å². The molecule has 0 aliphatic heterocycles. The van der Waals surface area contributed by atoms with Crippen LogP contribution in [0.15, 0.2) is 170 Å². The monoisotopic (exact) mass is 806 g/mol. The Kier molecular flexibility index (Phi) is 10.8. The second-order valence-corrected chi connectivity index (χ2v) is 15.3. The van der Waals surface area contributed by atoms with Crippen LogP contribution in [0.2, 0.25) is 0 Å². The maximum atomic E-state index is 13.3. The summed E-state index contributed by atoms with van der Waals surface area (Å²) in [5.41, 5.74) is 10.6. The van der Waals surface area contributed by atoms with Gasteiger partial charge in [0.25, 0.3) is 0 Å². The Morgan fingerprint density at radius 1 is 0.459 bits per heavy atom. The third kappa shape index (κ3) is 7.72. The van der Waals surface area contributed by atoms with Crippen molar-refractivity contribution >= 4 is 43.4 Å². The highest BCUT2D eigenvalue weighted by molar-refractivity contribution is 6.10. The molecule has 0 saturated carbocycles. The number of aliphatic hydroxyl groups is 1. The molecular formula is C54H44F2N2O3. The van der Waals surface area contributed by atoms with Crippen LogP contribution in [-0.4, -0.2) is 28.5 Å². The van der Waals surface area contributed by atoms with Crippen LogP contribution < -0.4 is 9.47 Å². The molecule has 61 heavy (non-hydrogen) atoms. The third-order valence-electron chi connectivity index (χ3n) is 11.5. The summed E-state index contributed by atoms with van der Waals surface area (Å²) in [7, 11) is 3.40. The summed E-state index contributed by atoms with van der Waals surface area (Å²) in [5, 5.41) is 16.8. The second kappa shape index (κ2) is 16.8. The van der Waals surface area contributed by atoms with Crippen molar-refractivity contribution in [3.8, 4) is 33.8 Å².